The minimum Gasteiger partial charge on any atom is -0.469 e. The quantitative estimate of drug-likeness (QED) is 0.235. The third kappa shape index (κ3) is 7.62. The molecule has 0 radical (unpaired) electrons. The van der Waals surface area contributed by atoms with Gasteiger partial charge in [-0.1, -0.05) is 57.1 Å². The number of unbranched alkanes of at least 4 members (excludes halogenated alkanes) is 8. The fourth-order valence-electron chi connectivity index (χ4n) is 4.44. The summed E-state index contributed by atoms with van der Waals surface area (Å²) in [5.41, 5.74) is 1.09. The van der Waals surface area contributed by atoms with Crippen LogP contribution in [0.3, 0.4) is 0 Å². The van der Waals surface area contributed by atoms with Gasteiger partial charge in [-0.05, 0) is 25.3 Å². The Labute approximate surface area is 196 Å². The van der Waals surface area contributed by atoms with E-state index in [1.54, 1.807) is 0 Å². The number of piperidine rings is 1. The van der Waals surface area contributed by atoms with Gasteiger partial charge >= 0.3 is 5.97 Å². The maximum atomic E-state index is 12.2. The number of aromatic nitrogens is 1. The second kappa shape index (κ2) is 13.0. The first kappa shape index (κ1) is 24.8. The van der Waals surface area contributed by atoms with E-state index in [1.807, 2.05) is 23.0 Å². The van der Waals surface area contributed by atoms with Gasteiger partial charge in [-0.25, -0.2) is 0 Å². The summed E-state index contributed by atoms with van der Waals surface area (Å²) < 4.78 is 6.59. The Balaban J connectivity index is 1.32. The van der Waals surface area contributed by atoms with E-state index in [4.69, 9.17) is 0 Å². The molecule has 2 aromatic rings. The molecule has 33 heavy (non-hydrogen) atoms. The van der Waals surface area contributed by atoms with Gasteiger partial charge in [0.1, 0.15) is 6.04 Å². The molecule has 2 N–H and O–H groups in total. The Bertz CT molecular complexity index is 937. The molecule has 1 saturated heterocycles. The maximum absolute atomic E-state index is 12.2. The summed E-state index contributed by atoms with van der Waals surface area (Å²) in [4.78, 5) is 34.7. The van der Waals surface area contributed by atoms with Gasteiger partial charge in [0.25, 0.3) is 0 Å². The molecule has 0 saturated carbocycles. The van der Waals surface area contributed by atoms with E-state index in [0.717, 1.165) is 42.3 Å². The van der Waals surface area contributed by atoms with Crippen molar-refractivity contribution in [2.75, 3.05) is 19.0 Å². The van der Waals surface area contributed by atoms with Crippen LogP contribution in [0.1, 0.15) is 83.1 Å². The first-order valence-corrected chi connectivity index (χ1v) is 12.3. The fourth-order valence-corrected chi connectivity index (χ4v) is 4.44. The lowest BCUT2D eigenvalue weighted by molar-refractivity contribution is -0.141. The number of esters is 1. The van der Waals surface area contributed by atoms with Crippen LogP contribution in [0.5, 0.6) is 0 Å². The molecule has 1 aromatic heterocycles. The number of carbonyl (C=O) groups excluding carboxylic acids is 3. The largest absolute Gasteiger partial charge is 0.469 e. The molecule has 180 valence electrons. The topological polar surface area (TPSA) is 89.4 Å². The minimum atomic E-state index is -0.323. The molecular weight excluding hydrogens is 418 g/mol. The molecule has 1 aliphatic heterocycles. The van der Waals surface area contributed by atoms with E-state index >= 15 is 0 Å². The highest BCUT2D eigenvalue weighted by Crippen LogP contribution is 2.28. The first-order chi connectivity index (χ1) is 16.1. The van der Waals surface area contributed by atoms with E-state index in [1.165, 1.54) is 45.6 Å². The van der Waals surface area contributed by atoms with Crippen LogP contribution < -0.4 is 10.6 Å². The van der Waals surface area contributed by atoms with E-state index in [9.17, 15) is 14.4 Å². The summed E-state index contributed by atoms with van der Waals surface area (Å²) >= 11 is 0. The number of nitrogens with zero attached hydrogens (tertiary/aromatic N) is 1. The molecule has 1 fully saturated rings. The van der Waals surface area contributed by atoms with Crippen LogP contribution >= 0.6 is 0 Å². The lowest BCUT2D eigenvalue weighted by Crippen LogP contribution is -2.41. The molecule has 2 amide bonds. The number of carbonyl (C=O) groups is 3. The third-order valence-electron chi connectivity index (χ3n) is 6.38. The molecule has 0 spiro atoms. The zero-order chi connectivity index (χ0) is 23.5. The molecule has 7 nitrogen and oxygen atoms in total. The number of nitrogens with one attached hydrogen (secondary N) is 2. The highest BCUT2D eigenvalue weighted by molar-refractivity contribution is 6.00. The second-order valence-electron chi connectivity index (χ2n) is 8.92. The standard InChI is InChI=1S/C26H37N3O4/c1-33-25(31)14-9-7-5-3-2-4-6-8-10-17-27-22-13-11-12-20-18-29(19-21(20)22)23-15-16-24(30)28-26(23)32/h11-13,18-19,23,27H,2-10,14-17H2,1H3,(H,28,30,32). The van der Waals surface area contributed by atoms with E-state index in [2.05, 4.69) is 27.5 Å². The monoisotopic (exact) mass is 455 g/mol. The van der Waals surface area contributed by atoms with Gasteiger partial charge in [0, 0.05) is 48.2 Å². The Morgan fingerprint density at radius 1 is 1.03 bits per heavy atom. The van der Waals surface area contributed by atoms with Crippen LogP contribution in [0.15, 0.2) is 30.6 Å². The van der Waals surface area contributed by atoms with Crippen LogP contribution in [-0.2, 0) is 19.1 Å². The smallest absolute Gasteiger partial charge is 0.305 e. The number of rotatable bonds is 14. The van der Waals surface area contributed by atoms with Crippen molar-refractivity contribution < 1.29 is 19.1 Å². The molecule has 1 atom stereocenters. The van der Waals surface area contributed by atoms with Crippen LogP contribution in [-0.4, -0.2) is 36.0 Å². The van der Waals surface area contributed by atoms with Crippen LogP contribution in [0, 0.1) is 0 Å². The van der Waals surface area contributed by atoms with Gasteiger partial charge in [0.15, 0.2) is 0 Å². The van der Waals surface area contributed by atoms with Gasteiger partial charge < -0.3 is 14.6 Å². The number of anilines is 1. The maximum Gasteiger partial charge on any atom is 0.305 e. The van der Waals surface area contributed by atoms with Crippen LogP contribution in [0.25, 0.3) is 10.8 Å². The average molecular weight is 456 g/mol. The summed E-state index contributed by atoms with van der Waals surface area (Å²) in [5.74, 6) is -0.514. The molecule has 0 aliphatic carbocycles. The minimum absolute atomic E-state index is 0.105. The van der Waals surface area contributed by atoms with Crippen molar-refractivity contribution in [3.63, 3.8) is 0 Å². The van der Waals surface area contributed by atoms with Crippen molar-refractivity contribution in [3.8, 4) is 0 Å². The zero-order valence-electron chi connectivity index (χ0n) is 19.7. The highest BCUT2D eigenvalue weighted by Gasteiger charge is 2.27. The Kier molecular flexibility index (Phi) is 9.78. The number of fused-ring (bicyclic) bond motifs is 1. The van der Waals surface area contributed by atoms with Gasteiger partial charge in [-0.3, -0.25) is 19.7 Å². The number of imide groups is 1. The number of benzene rings is 1. The highest BCUT2D eigenvalue weighted by atomic mass is 16.5. The van der Waals surface area contributed by atoms with Crippen molar-refractivity contribution in [2.24, 2.45) is 0 Å². The van der Waals surface area contributed by atoms with Gasteiger partial charge in [-0.2, -0.15) is 0 Å². The Morgan fingerprint density at radius 3 is 2.42 bits per heavy atom. The summed E-state index contributed by atoms with van der Waals surface area (Å²) in [6.45, 7) is 0.927. The lowest BCUT2D eigenvalue weighted by Gasteiger charge is -2.22. The molecular formula is C26H37N3O4. The van der Waals surface area contributed by atoms with E-state index in [-0.39, 0.29) is 23.8 Å². The Hall–Kier alpha value is -2.83. The molecule has 1 unspecified atom stereocenters. The summed E-state index contributed by atoms with van der Waals surface area (Å²) in [7, 11) is 1.44. The van der Waals surface area contributed by atoms with Crippen molar-refractivity contribution >= 4 is 34.2 Å². The summed E-state index contributed by atoms with van der Waals surface area (Å²) in [6, 6.07) is 5.84. The van der Waals surface area contributed by atoms with Gasteiger partial charge in [-0.15, -0.1) is 0 Å². The van der Waals surface area contributed by atoms with E-state index in [0.29, 0.717) is 19.3 Å². The molecule has 0 bridgehead atoms. The lowest BCUT2D eigenvalue weighted by atomic mass is 10.1. The summed E-state index contributed by atoms with van der Waals surface area (Å²) in [6.07, 6.45) is 16.1. The predicted octanol–water partition coefficient (Wildman–Crippen LogP) is 5.10. The SMILES string of the molecule is COC(=O)CCCCCCCCCCCNc1cccc2cn(C3CCC(=O)NC3=O)cc12. The summed E-state index contributed by atoms with van der Waals surface area (Å²) in [5, 5.41) is 8.19. The third-order valence-corrected chi connectivity index (χ3v) is 6.38. The van der Waals surface area contributed by atoms with Crippen LogP contribution in [0.4, 0.5) is 5.69 Å². The molecule has 1 aromatic carbocycles. The Morgan fingerprint density at radius 2 is 1.73 bits per heavy atom. The number of ether oxygens (including phenoxy) is 1. The molecule has 2 heterocycles. The predicted molar refractivity (Wildman–Crippen MR) is 130 cm³/mol. The number of amides is 2. The van der Waals surface area contributed by atoms with Crippen molar-refractivity contribution in [3.05, 3.63) is 30.6 Å². The molecule has 7 heteroatoms. The number of methoxy groups -OCH3 is 1. The van der Waals surface area contributed by atoms with Gasteiger partial charge in [0.05, 0.1) is 7.11 Å². The number of hydrogen-bond donors (Lipinski definition) is 2. The van der Waals surface area contributed by atoms with E-state index < -0.39 is 0 Å². The molecule has 1 aliphatic rings. The fraction of sp³-hybridized carbons (Fsp3) is 0.577. The first-order valence-electron chi connectivity index (χ1n) is 12.3. The average Bonchev–Trinajstić information content (AvgIpc) is 3.24. The van der Waals surface area contributed by atoms with Crippen LogP contribution in [0.2, 0.25) is 0 Å². The van der Waals surface area contributed by atoms with Gasteiger partial charge in [0.2, 0.25) is 11.8 Å². The second-order valence-corrected chi connectivity index (χ2v) is 8.92. The van der Waals surface area contributed by atoms with Crippen molar-refractivity contribution in [1.29, 1.82) is 0 Å². The number of hydrogen-bond acceptors (Lipinski definition) is 5. The molecule has 3 rings (SSSR count). The zero-order valence-corrected chi connectivity index (χ0v) is 19.7. The van der Waals surface area contributed by atoms with Crippen molar-refractivity contribution in [2.45, 2.75) is 83.1 Å². The normalized spacial score (nSPS) is 16.1. The van der Waals surface area contributed by atoms with Crippen molar-refractivity contribution in [1.82, 2.24) is 9.88 Å².